The maximum absolute atomic E-state index is 10.5. The molecular weight excluding hydrogens is 316 g/mol. The van der Waals surface area contributed by atoms with E-state index >= 15 is 0 Å². The van der Waals surface area contributed by atoms with Crippen molar-refractivity contribution in [2.75, 3.05) is 7.11 Å². The van der Waals surface area contributed by atoms with Crippen molar-refractivity contribution in [1.82, 2.24) is 0 Å². The topological polar surface area (TPSA) is 29.5 Å². The minimum absolute atomic E-state index is 0.0832. The highest BCUT2D eigenvalue weighted by molar-refractivity contribution is 9.10. The largest absolute Gasteiger partial charge is 0.496 e. The number of aliphatic hydroxyl groups is 1. The molecule has 0 aliphatic heterocycles. The van der Waals surface area contributed by atoms with Crippen molar-refractivity contribution in [3.8, 4) is 5.75 Å². The van der Waals surface area contributed by atoms with Gasteiger partial charge in [0.2, 0.25) is 0 Å². The third-order valence-corrected chi connectivity index (χ3v) is 4.07. The molecule has 0 bridgehead atoms. The van der Waals surface area contributed by atoms with E-state index in [9.17, 15) is 5.11 Å². The number of benzene rings is 2. The highest BCUT2D eigenvalue weighted by atomic mass is 79.9. The molecule has 2 aromatic rings. The van der Waals surface area contributed by atoms with Crippen molar-refractivity contribution in [2.45, 2.75) is 25.4 Å². The first-order chi connectivity index (χ1) is 9.61. The lowest BCUT2D eigenvalue weighted by Gasteiger charge is -2.20. The van der Waals surface area contributed by atoms with Crippen LogP contribution in [0.2, 0.25) is 0 Å². The first-order valence-corrected chi connectivity index (χ1v) is 7.46. The lowest BCUT2D eigenvalue weighted by molar-refractivity contribution is 0.148. The van der Waals surface area contributed by atoms with Gasteiger partial charge in [0, 0.05) is 16.8 Å². The minimum atomic E-state index is -0.444. The smallest absolute Gasteiger partial charge is 0.122 e. The van der Waals surface area contributed by atoms with Crippen LogP contribution in [-0.4, -0.2) is 18.3 Å². The van der Waals surface area contributed by atoms with Gasteiger partial charge in [0.05, 0.1) is 13.2 Å². The molecule has 0 aromatic heterocycles. The molecule has 2 rings (SSSR count). The van der Waals surface area contributed by atoms with Gasteiger partial charge in [-0.2, -0.15) is 0 Å². The molecule has 0 aliphatic carbocycles. The molecule has 2 atom stereocenters. The zero-order valence-corrected chi connectivity index (χ0v) is 13.3. The molecular formula is C17H19BrO2. The molecule has 20 heavy (non-hydrogen) atoms. The molecule has 0 heterocycles. The average Bonchev–Trinajstić information content (AvgIpc) is 2.47. The van der Waals surface area contributed by atoms with Crippen LogP contribution in [0, 0.1) is 0 Å². The van der Waals surface area contributed by atoms with Crippen LogP contribution < -0.4 is 4.74 Å². The predicted octanol–water partition coefficient (Wildman–Crippen LogP) is 4.16. The molecule has 0 spiro atoms. The van der Waals surface area contributed by atoms with E-state index in [4.69, 9.17) is 4.74 Å². The summed E-state index contributed by atoms with van der Waals surface area (Å²) in [5.41, 5.74) is 2.16. The fourth-order valence-corrected chi connectivity index (χ4v) is 2.70. The summed E-state index contributed by atoms with van der Waals surface area (Å²) in [6.45, 7) is 2.05. The number of aliphatic hydroxyl groups excluding tert-OH is 1. The van der Waals surface area contributed by atoms with Crippen molar-refractivity contribution in [3.05, 3.63) is 64.1 Å². The number of hydrogen-bond acceptors (Lipinski definition) is 2. The molecule has 0 fully saturated rings. The fourth-order valence-electron chi connectivity index (χ4n) is 2.29. The predicted molar refractivity (Wildman–Crippen MR) is 85.3 cm³/mol. The second kappa shape index (κ2) is 6.91. The van der Waals surface area contributed by atoms with Crippen LogP contribution in [0.25, 0.3) is 0 Å². The van der Waals surface area contributed by atoms with E-state index in [1.165, 1.54) is 0 Å². The van der Waals surface area contributed by atoms with Gasteiger partial charge in [0.25, 0.3) is 0 Å². The van der Waals surface area contributed by atoms with Crippen LogP contribution in [0.15, 0.2) is 53.0 Å². The lowest BCUT2D eigenvalue weighted by atomic mass is 9.91. The maximum atomic E-state index is 10.5. The van der Waals surface area contributed by atoms with E-state index < -0.39 is 6.10 Å². The minimum Gasteiger partial charge on any atom is -0.496 e. The van der Waals surface area contributed by atoms with Gasteiger partial charge in [0.1, 0.15) is 5.75 Å². The van der Waals surface area contributed by atoms with E-state index in [2.05, 4.69) is 15.9 Å². The highest BCUT2D eigenvalue weighted by Crippen LogP contribution is 2.28. The quantitative estimate of drug-likeness (QED) is 0.889. The second-order valence-electron chi connectivity index (χ2n) is 4.93. The van der Waals surface area contributed by atoms with Gasteiger partial charge in [-0.25, -0.2) is 0 Å². The molecule has 0 saturated heterocycles. The van der Waals surface area contributed by atoms with Crippen LogP contribution in [-0.2, 0) is 6.42 Å². The van der Waals surface area contributed by atoms with Crippen molar-refractivity contribution >= 4 is 15.9 Å². The molecule has 3 heteroatoms. The van der Waals surface area contributed by atoms with Crippen molar-refractivity contribution in [2.24, 2.45) is 0 Å². The van der Waals surface area contributed by atoms with Crippen molar-refractivity contribution in [3.63, 3.8) is 0 Å². The maximum Gasteiger partial charge on any atom is 0.122 e. The third kappa shape index (κ3) is 3.62. The molecule has 0 radical (unpaired) electrons. The Hall–Kier alpha value is -1.32. The Bertz CT molecular complexity index is 554. The SMILES string of the molecule is COc1ccc(Br)cc1CC(O)C(C)c1ccccc1. The Morgan fingerprint density at radius 3 is 2.50 bits per heavy atom. The Morgan fingerprint density at radius 2 is 1.85 bits per heavy atom. The normalized spacial score (nSPS) is 13.8. The van der Waals surface area contributed by atoms with E-state index in [-0.39, 0.29) is 5.92 Å². The summed E-state index contributed by atoms with van der Waals surface area (Å²) in [5.74, 6) is 0.896. The lowest BCUT2D eigenvalue weighted by Crippen LogP contribution is -2.19. The average molecular weight is 335 g/mol. The molecule has 2 unspecified atom stereocenters. The Balaban J connectivity index is 2.15. The van der Waals surface area contributed by atoms with E-state index in [1.807, 2.05) is 55.5 Å². The Labute approximate surface area is 128 Å². The summed E-state index contributed by atoms with van der Waals surface area (Å²) >= 11 is 3.46. The molecule has 0 amide bonds. The highest BCUT2D eigenvalue weighted by Gasteiger charge is 2.18. The Morgan fingerprint density at radius 1 is 1.15 bits per heavy atom. The van der Waals surface area contributed by atoms with Crippen LogP contribution >= 0.6 is 15.9 Å². The van der Waals surface area contributed by atoms with Gasteiger partial charge < -0.3 is 9.84 Å². The third-order valence-electron chi connectivity index (χ3n) is 3.57. The van der Waals surface area contributed by atoms with Gasteiger partial charge in [-0.1, -0.05) is 53.2 Å². The molecule has 2 nitrogen and oxygen atoms in total. The van der Waals surface area contributed by atoms with Gasteiger partial charge >= 0.3 is 0 Å². The zero-order chi connectivity index (χ0) is 14.5. The van der Waals surface area contributed by atoms with Crippen LogP contribution in [0.5, 0.6) is 5.75 Å². The van der Waals surface area contributed by atoms with E-state index in [1.54, 1.807) is 7.11 Å². The fraction of sp³-hybridized carbons (Fsp3) is 0.294. The van der Waals surface area contributed by atoms with Gasteiger partial charge in [-0.15, -0.1) is 0 Å². The molecule has 0 aliphatic rings. The van der Waals surface area contributed by atoms with Gasteiger partial charge in [0.15, 0.2) is 0 Å². The molecule has 2 aromatic carbocycles. The molecule has 106 valence electrons. The first-order valence-electron chi connectivity index (χ1n) is 6.67. The van der Waals surface area contributed by atoms with Gasteiger partial charge in [-0.3, -0.25) is 0 Å². The summed E-state index contributed by atoms with van der Waals surface area (Å²) in [5, 5.41) is 10.5. The number of ether oxygens (including phenoxy) is 1. The van der Waals surface area contributed by atoms with E-state index in [0.29, 0.717) is 6.42 Å². The molecule has 0 saturated carbocycles. The summed E-state index contributed by atoms with van der Waals surface area (Å²) in [4.78, 5) is 0. The number of halogens is 1. The Kier molecular flexibility index (Phi) is 5.21. The van der Waals surface area contributed by atoms with Crippen LogP contribution in [0.1, 0.15) is 24.0 Å². The number of rotatable bonds is 5. The summed E-state index contributed by atoms with van der Waals surface area (Å²) in [6.07, 6.45) is 0.124. The van der Waals surface area contributed by atoms with Crippen LogP contribution in [0.4, 0.5) is 0 Å². The van der Waals surface area contributed by atoms with Crippen molar-refractivity contribution < 1.29 is 9.84 Å². The zero-order valence-electron chi connectivity index (χ0n) is 11.7. The summed E-state index contributed by atoms with van der Waals surface area (Å²) in [6, 6.07) is 15.9. The van der Waals surface area contributed by atoms with Crippen LogP contribution in [0.3, 0.4) is 0 Å². The number of hydrogen-bond donors (Lipinski definition) is 1. The monoisotopic (exact) mass is 334 g/mol. The first kappa shape index (κ1) is 15.1. The second-order valence-corrected chi connectivity index (χ2v) is 5.84. The molecule has 1 N–H and O–H groups in total. The van der Waals surface area contributed by atoms with Crippen molar-refractivity contribution in [1.29, 1.82) is 0 Å². The summed E-state index contributed by atoms with van der Waals surface area (Å²) < 4.78 is 6.35. The number of methoxy groups -OCH3 is 1. The van der Waals surface area contributed by atoms with E-state index in [0.717, 1.165) is 21.3 Å². The standard InChI is InChI=1S/C17H19BrO2/c1-12(13-6-4-3-5-7-13)16(19)11-14-10-15(18)8-9-17(14)20-2/h3-10,12,16,19H,11H2,1-2H3. The summed E-state index contributed by atoms with van der Waals surface area (Å²) in [7, 11) is 1.65. The van der Waals surface area contributed by atoms with Gasteiger partial charge in [-0.05, 0) is 29.3 Å².